The quantitative estimate of drug-likeness (QED) is 0.518. The van der Waals surface area contributed by atoms with E-state index in [2.05, 4.69) is 4.98 Å². The highest BCUT2D eigenvalue weighted by Gasteiger charge is 2.08. The van der Waals surface area contributed by atoms with Crippen LogP contribution in [0.4, 0.5) is 5.69 Å². The van der Waals surface area contributed by atoms with Gasteiger partial charge in [0, 0.05) is 12.1 Å². The summed E-state index contributed by atoms with van der Waals surface area (Å²) in [6, 6.07) is 12.6. The summed E-state index contributed by atoms with van der Waals surface area (Å²) in [4.78, 5) is 14.8. The number of aromatic nitrogens is 1. The van der Waals surface area contributed by atoms with E-state index in [1.165, 1.54) is 6.07 Å². The molecule has 0 saturated heterocycles. The van der Waals surface area contributed by atoms with Crippen LogP contribution < -0.4 is 0 Å². The Morgan fingerprint density at radius 3 is 2.74 bits per heavy atom. The van der Waals surface area contributed by atoms with E-state index >= 15 is 0 Å². The Balaban J connectivity index is 2.12. The summed E-state index contributed by atoms with van der Waals surface area (Å²) in [5, 5.41) is 11.8. The molecule has 3 rings (SSSR count). The summed E-state index contributed by atoms with van der Waals surface area (Å²) in [5.74, 6) is 0. The average molecular weight is 270 g/mol. The van der Waals surface area contributed by atoms with Crippen LogP contribution in [-0.2, 0) is 0 Å². The normalized spacial score (nSPS) is 10.8. The van der Waals surface area contributed by atoms with Gasteiger partial charge in [-0.05, 0) is 30.2 Å². The minimum Gasteiger partial charge on any atom is -0.258 e. The Bertz CT molecular complexity index is 780. The van der Waals surface area contributed by atoms with Gasteiger partial charge in [0.2, 0.25) is 0 Å². The largest absolute Gasteiger partial charge is 0.270 e. The van der Waals surface area contributed by atoms with Gasteiger partial charge in [0.05, 0.1) is 20.1 Å². The predicted octanol–water partition coefficient (Wildman–Crippen LogP) is 4.18. The summed E-state index contributed by atoms with van der Waals surface area (Å²) in [6.07, 6.45) is 0. The Morgan fingerprint density at radius 1 is 1.16 bits per heavy atom. The van der Waals surface area contributed by atoms with Crippen LogP contribution in [0.2, 0.25) is 0 Å². The molecule has 0 atom stereocenters. The summed E-state index contributed by atoms with van der Waals surface area (Å²) >= 11 is 1.63. The van der Waals surface area contributed by atoms with Crippen LogP contribution in [0.1, 0.15) is 5.01 Å². The van der Waals surface area contributed by atoms with Crippen molar-refractivity contribution in [1.29, 1.82) is 0 Å². The van der Waals surface area contributed by atoms with Crippen molar-refractivity contribution in [2.24, 2.45) is 0 Å². The number of non-ortho nitro benzene ring substituents is 1. The highest BCUT2D eigenvalue weighted by atomic mass is 32.1. The summed E-state index contributed by atoms with van der Waals surface area (Å²) in [6.45, 7) is 1.97. The Morgan fingerprint density at radius 2 is 1.95 bits per heavy atom. The van der Waals surface area contributed by atoms with Crippen LogP contribution in [0.3, 0.4) is 0 Å². The molecule has 0 radical (unpaired) electrons. The molecule has 0 saturated carbocycles. The minimum absolute atomic E-state index is 0.109. The maximum Gasteiger partial charge on any atom is 0.270 e. The van der Waals surface area contributed by atoms with E-state index in [0.717, 1.165) is 26.4 Å². The zero-order valence-electron chi connectivity index (χ0n) is 10.2. The van der Waals surface area contributed by atoms with E-state index in [-0.39, 0.29) is 10.6 Å². The van der Waals surface area contributed by atoms with E-state index in [4.69, 9.17) is 0 Å². The maximum absolute atomic E-state index is 10.8. The zero-order chi connectivity index (χ0) is 13.4. The van der Waals surface area contributed by atoms with E-state index in [1.54, 1.807) is 23.5 Å². The second-order valence-electron chi connectivity index (χ2n) is 4.22. The number of fused-ring (bicyclic) bond motifs is 1. The lowest BCUT2D eigenvalue weighted by Gasteiger charge is -2.01. The van der Waals surface area contributed by atoms with Gasteiger partial charge in [-0.15, -0.1) is 11.3 Å². The molecule has 0 fully saturated rings. The van der Waals surface area contributed by atoms with Crippen LogP contribution in [-0.4, -0.2) is 9.91 Å². The predicted molar refractivity (Wildman–Crippen MR) is 76.4 cm³/mol. The molecule has 0 aliphatic rings. The molecule has 19 heavy (non-hydrogen) atoms. The molecule has 0 N–H and O–H groups in total. The standard InChI is InChI=1S/C14H10N2O2S/c1-9-15-13-6-5-11(8-14(13)19-9)10-3-2-4-12(7-10)16(17)18/h2-8H,1H3. The molecular formula is C14H10N2O2S. The number of hydrogen-bond donors (Lipinski definition) is 0. The molecule has 2 aromatic carbocycles. The molecule has 1 heterocycles. The van der Waals surface area contributed by atoms with Crippen molar-refractivity contribution in [1.82, 2.24) is 4.98 Å². The van der Waals surface area contributed by atoms with Gasteiger partial charge in [-0.25, -0.2) is 4.98 Å². The van der Waals surface area contributed by atoms with Gasteiger partial charge < -0.3 is 0 Å². The first-order valence-electron chi connectivity index (χ1n) is 5.75. The Kier molecular flexibility index (Phi) is 2.76. The highest BCUT2D eigenvalue weighted by Crippen LogP contribution is 2.29. The SMILES string of the molecule is Cc1nc2ccc(-c3cccc([N+](=O)[O-])c3)cc2s1. The first-order chi connectivity index (χ1) is 9.13. The zero-order valence-corrected chi connectivity index (χ0v) is 11.0. The molecule has 0 spiro atoms. The number of nitrogens with zero attached hydrogens (tertiary/aromatic N) is 2. The molecule has 0 aliphatic heterocycles. The third-order valence-corrected chi connectivity index (χ3v) is 3.82. The lowest BCUT2D eigenvalue weighted by atomic mass is 10.1. The summed E-state index contributed by atoms with van der Waals surface area (Å²) in [7, 11) is 0. The van der Waals surface area contributed by atoms with Crippen molar-refractivity contribution in [2.45, 2.75) is 6.92 Å². The molecular weight excluding hydrogens is 260 g/mol. The number of nitro groups is 1. The van der Waals surface area contributed by atoms with Crippen molar-refractivity contribution < 1.29 is 4.92 Å². The molecule has 1 aromatic heterocycles. The Hall–Kier alpha value is -2.27. The third kappa shape index (κ3) is 2.20. The molecule has 0 bridgehead atoms. The van der Waals surface area contributed by atoms with Crippen molar-refractivity contribution in [3.63, 3.8) is 0 Å². The van der Waals surface area contributed by atoms with E-state index in [0.29, 0.717) is 0 Å². The number of aryl methyl sites for hydroxylation is 1. The molecule has 5 heteroatoms. The smallest absolute Gasteiger partial charge is 0.258 e. The van der Waals surface area contributed by atoms with E-state index in [1.807, 2.05) is 31.2 Å². The lowest BCUT2D eigenvalue weighted by molar-refractivity contribution is -0.384. The fourth-order valence-corrected chi connectivity index (χ4v) is 2.88. The molecule has 3 aromatic rings. The van der Waals surface area contributed by atoms with Gasteiger partial charge >= 0.3 is 0 Å². The number of thiazole rings is 1. The highest BCUT2D eigenvalue weighted by molar-refractivity contribution is 7.18. The first kappa shape index (κ1) is 11.8. The van der Waals surface area contributed by atoms with Crippen molar-refractivity contribution in [2.75, 3.05) is 0 Å². The average Bonchev–Trinajstić information content (AvgIpc) is 2.77. The number of hydrogen-bond acceptors (Lipinski definition) is 4. The molecule has 94 valence electrons. The van der Waals surface area contributed by atoms with Gasteiger partial charge in [0.15, 0.2) is 0 Å². The van der Waals surface area contributed by atoms with Crippen molar-refractivity contribution in [3.05, 3.63) is 57.6 Å². The van der Waals surface area contributed by atoms with Crippen LogP contribution >= 0.6 is 11.3 Å². The molecule has 0 amide bonds. The fourth-order valence-electron chi connectivity index (χ4n) is 2.02. The second kappa shape index (κ2) is 4.44. The fraction of sp³-hybridized carbons (Fsp3) is 0.0714. The van der Waals surface area contributed by atoms with Crippen molar-refractivity contribution >= 4 is 27.2 Å². The van der Waals surface area contributed by atoms with Gasteiger partial charge in [-0.1, -0.05) is 18.2 Å². The van der Waals surface area contributed by atoms with Crippen LogP contribution in [0.15, 0.2) is 42.5 Å². The second-order valence-corrected chi connectivity index (χ2v) is 5.46. The van der Waals surface area contributed by atoms with Crippen LogP contribution in [0.5, 0.6) is 0 Å². The summed E-state index contributed by atoms with van der Waals surface area (Å²) < 4.78 is 1.10. The number of rotatable bonds is 2. The number of nitro benzene ring substituents is 1. The number of benzene rings is 2. The van der Waals surface area contributed by atoms with E-state index in [9.17, 15) is 10.1 Å². The third-order valence-electron chi connectivity index (χ3n) is 2.89. The van der Waals surface area contributed by atoms with E-state index < -0.39 is 0 Å². The first-order valence-corrected chi connectivity index (χ1v) is 6.57. The van der Waals surface area contributed by atoms with Crippen molar-refractivity contribution in [3.8, 4) is 11.1 Å². The topological polar surface area (TPSA) is 56.0 Å². The van der Waals surface area contributed by atoms with Gasteiger partial charge in [-0.2, -0.15) is 0 Å². The summed E-state index contributed by atoms with van der Waals surface area (Å²) in [5.41, 5.74) is 2.90. The molecule has 0 aliphatic carbocycles. The van der Waals surface area contributed by atoms with Crippen LogP contribution in [0, 0.1) is 17.0 Å². The minimum atomic E-state index is -0.376. The van der Waals surface area contributed by atoms with Gasteiger partial charge in [-0.3, -0.25) is 10.1 Å². The molecule has 4 nitrogen and oxygen atoms in total. The Labute approximate surface area is 113 Å². The molecule has 0 unspecified atom stereocenters. The monoisotopic (exact) mass is 270 g/mol. The van der Waals surface area contributed by atoms with Gasteiger partial charge in [0.1, 0.15) is 0 Å². The maximum atomic E-state index is 10.8. The lowest BCUT2D eigenvalue weighted by Crippen LogP contribution is -1.87. The van der Waals surface area contributed by atoms with Gasteiger partial charge in [0.25, 0.3) is 5.69 Å². The van der Waals surface area contributed by atoms with Crippen LogP contribution in [0.25, 0.3) is 21.3 Å².